The van der Waals surface area contributed by atoms with Gasteiger partial charge < -0.3 is 4.57 Å². The first-order chi connectivity index (χ1) is 17.2. The monoisotopic (exact) mass is 541 g/mol. The number of imidazole rings is 1. The second kappa shape index (κ2) is 9.98. The van der Waals surface area contributed by atoms with Crippen molar-refractivity contribution in [3.8, 4) is 0 Å². The average Bonchev–Trinajstić information content (AvgIpc) is 3.49. The predicted molar refractivity (Wildman–Crippen MR) is 130 cm³/mol. The predicted octanol–water partition coefficient (Wildman–Crippen LogP) is 6.42. The fourth-order valence-corrected chi connectivity index (χ4v) is 7.93. The summed E-state index contributed by atoms with van der Waals surface area (Å²) in [7, 11) is -3.69. The maximum Gasteiger partial charge on any atom is 0.243 e. The van der Waals surface area contributed by atoms with E-state index in [0.717, 1.165) is 55.8 Å². The lowest BCUT2D eigenvalue weighted by Crippen LogP contribution is -2.39. The minimum absolute atomic E-state index is 0.0989. The summed E-state index contributed by atoms with van der Waals surface area (Å²) in [6, 6.07) is 5.15. The molecule has 2 aromatic carbocycles. The molecule has 0 radical (unpaired) electrons. The Balaban J connectivity index is 1.52. The van der Waals surface area contributed by atoms with Crippen LogP contribution in [0.3, 0.4) is 0 Å². The van der Waals surface area contributed by atoms with Crippen LogP contribution in [0.1, 0.15) is 57.1 Å². The Morgan fingerprint density at radius 1 is 1.00 bits per heavy atom. The van der Waals surface area contributed by atoms with Gasteiger partial charge in [-0.05, 0) is 49.8 Å². The van der Waals surface area contributed by atoms with E-state index in [1.54, 1.807) is 18.2 Å². The van der Waals surface area contributed by atoms with Gasteiger partial charge >= 0.3 is 0 Å². The highest BCUT2D eigenvalue weighted by molar-refractivity contribution is 7.98. The van der Waals surface area contributed by atoms with Gasteiger partial charge in [-0.15, -0.1) is 0 Å². The molecule has 1 aliphatic heterocycles. The van der Waals surface area contributed by atoms with Gasteiger partial charge in [0.15, 0.2) is 28.4 Å². The lowest BCUT2D eigenvalue weighted by atomic mass is 10.0. The van der Waals surface area contributed by atoms with Crippen LogP contribution < -0.4 is 0 Å². The molecule has 194 valence electrons. The number of piperidine rings is 1. The van der Waals surface area contributed by atoms with Crippen LogP contribution in [0.15, 0.2) is 34.3 Å². The van der Waals surface area contributed by atoms with Gasteiger partial charge in [-0.25, -0.2) is 31.0 Å². The topological polar surface area (TPSA) is 55.2 Å². The zero-order valence-corrected chi connectivity index (χ0v) is 21.4. The molecule has 5 nitrogen and oxygen atoms in total. The largest absolute Gasteiger partial charge is 0.316 e. The molecule has 5 rings (SSSR count). The van der Waals surface area contributed by atoms with Crippen molar-refractivity contribution < 1.29 is 26.0 Å². The maximum absolute atomic E-state index is 14.2. The van der Waals surface area contributed by atoms with Crippen molar-refractivity contribution >= 4 is 32.8 Å². The van der Waals surface area contributed by atoms with Gasteiger partial charge in [0.05, 0.1) is 15.9 Å². The van der Waals surface area contributed by atoms with Crippen LogP contribution in [0.2, 0.25) is 0 Å². The van der Waals surface area contributed by atoms with Gasteiger partial charge in [0.25, 0.3) is 0 Å². The van der Waals surface area contributed by atoms with Crippen LogP contribution in [0, 0.1) is 29.2 Å². The van der Waals surface area contributed by atoms with E-state index in [0.29, 0.717) is 23.8 Å². The number of rotatable bonds is 6. The third kappa shape index (κ3) is 4.65. The summed E-state index contributed by atoms with van der Waals surface area (Å²) in [6.07, 6.45) is 5.63. The van der Waals surface area contributed by atoms with Gasteiger partial charge in [0.1, 0.15) is 0 Å². The summed E-state index contributed by atoms with van der Waals surface area (Å²) in [6.45, 7) is 2.98. The molecule has 0 unspecified atom stereocenters. The fourth-order valence-electron chi connectivity index (χ4n) is 5.23. The Labute approximate surface area is 211 Å². The van der Waals surface area contributed by atoms with E-state index in [-0.39, 0.29) is 28.7 Å². The molecule has 0 spiro atoms. The minimum atomic E-state index is -3.69. The van der Waals surface area contributed by atoms with E-state index in [2.05, 4.69) is 4.98 Å². The number of sulfonamides is 1. The summed E-state index contributed by atoms with van der Waals surface area (Å²) < 4.78 is 86.0. The van der Waals surface area contributed by atoms with E-state index in [1.807, 2.05) is 11.5 Å². The lowest BCUT2D eigenvalue weighted by molar-refractivity contribution is 0.281. The van der Waals surface area contributed by atoms with E-state index >= 15 is 0 Å². The number of aromatic nitrogens is 2. The molecule has 2 fully saturated rings. The first kappa shape index (κ1) is 25.5. The second-order valence-corrected chi connectivity index (χ2v) is 12.6. The summed E-state index contributed by atoms with van der Waals surface area (Å²) in [5.74, 6) is -5.82. The van der Waals surface area contributed by atoms with Crippen molar-refractivity contribution in [2.75, 3.05) is 13.1 Å². The second-order valence-electron chi connectivity index (χ2n) is 9.70. The maximum atomic E-state index is 14.2. The van der Waals surface area contributed by atoms with Crippen LogP contribution >= 0.6 is 11.8 Å². The molecule has 0 amide bonds. The summed E-state index contributed by atoms with van der Waals surface area (Å²) in [5, 5.41) is 0.432. The molecule has 2 heterocycles. The third-order valence-electron chi connectivity index (χ3n) is 7.12. The average molecular weight is 542 g/mol. The SMILES string of the molecule is C[C@H]1CCCN(S(=O)(=O)c2ccc3c(c2)nc(SCc2c(F)c(F)cc(F)c2F)n3C2CCCC2)C1. The Hall–Kier alpha value is -2.11. The van der Waals surface area contributed by atoms with Gasteiger partial charge in [0, 0.05) is 36.5 Å². The number of nitrogens with zero attached hydrogens (tertiary/aromatic N) is 3. The van der Waals surface area contributed by atoms with E-state index in [9.17, 15) is 26.0 Å². The molecule has 36 heavy (non-hydrogen) atoms. The van der Waals surface area contributed by atoms with E-state index in [1.165, 1.54) is 4.31 Å². The standard InChI is InChI=1S/C25H27F4N3O2S2/c1-15-5-4-10-31(13-15)36(33,34)17-8-9-22-21(11-17)30-25(32(22)16-6-2-3-7-16)35-14-18-23(28)19(26)12-20(27)24(18)29/h8-9,11-12,15-16H,2-7,10,13-14H2,1H3/t15-/m0/s1. The van der Waals surface area contributed by atoms with Crippen molar-refractivity contribution in [2.24, 2.45) is 5.92 Å². The number of benzene rings is 2. The molecule has 1 saturated carbocycles. The van der Waals surface area contributed by atoms with Crippen molar-refractivity contribution in [3.63, 3.8) is 0 Å². The highest BCUT2D eigenvalue weighted by Crippen LogP contribution is 2.39. The number of halogens is 4. The van der Waals surface area contributed by atoms with Gasteiger partial charge in [-0.2, -0.15) is 4.31 Å². The van der Waals surface area contributed by atoms with Crippen molar-refractivity contribution in [1.82, 2.24) is 13.9 Å². The molecular formula is C25H27F4N3O2S2. The van der Waals surface area contributed by atoms with Gasteiger partial charge in [-0.1, -0.05) is 31.5 Å². The van der Waals surface area contributed by atoms with Gasteiger partial charge in [-0.3, -0.25) is 0 Å². The molecular weight excluding hydrogens is 514 g/mol. The van der Waals surface area contributed by atoms with Crippen LogP contribution in [0.5, 0.6) is 0 Å². The summed E-state index contributed by atoms with van der Waals surface area (Å²) in [4.78, 5) is 4.78. The zero-order chi connectivity index (χ0) is 25.6. The first-order valence-electron chi connectivity index (χ1n) is 12.1. The number of hydrogen-bond donors (Lipinski definition) is 0. The molecule has 0 N–H and O–H groups in total. The summed E-state index contributed by atoms with van der Waals surface area (Å²) in [5.41, 5.74) is 0.494. The van der Waals surface area contributed by atoms with Crippen LogP contribution in [0.4, 0.5) is 17.6 Å². The lowest BCUT2D eigenvalue weighted by Gasteiger charge is -2.30. The number of hydrogen-bond acceptors (Lipinski definition) is 4. The fraction of sp³-hybridized carbons (Fsp3) is 0.480. The Kier molecular flexibility index (Phi) is 7.08. The van der Waals surface area contributed by atoms with E-state index in [4.69, 9.17) is 0 Å². The zero-order valence-electron chi connectivity index (χ0n) is 19.8. The van der Waals surface area contributed by atoms with Crippen LogP contribution in [-0.4, -0.2) is 35.4 Å². The highest BCUT2D eigenvalue weighted by atomic mass is 32.2. The molecule has 2 aliphatic rings. The van der Waals surface area contributed by atoms with Crippen molar-refractivity contribution in [2.45, 2.75) is 67.3 Å². The smallest absolute Gasteiger partial charge is 0.243 e. The van der Waals surface area contributed by atoms with Gasteiger partial charge in [0.2, 0.25) is 10.0 Å². The number of fused-ring (bicyclic) bond motifs is 1. The van der Waals surface area contributed by atoms with E-state index < -0.39 is 38.9 Å². The molecule has 1 aromatic heterocycles. The molecule has 1 saturated heterocycles. The molecule has 11 heteroatoms. The minimum Gasteiger partial charge on any atom is -0.316 e. The van der Waals surface area contributed by atoms with Crippen molar-refractivity contribution in [1.29, 1.82) is 0 Å². The van der Waals surface area contributed by atoms with Crippen molar-refractivity contribution in [3.05, 3.63) is 53.1 Å². The Morgan fingerprint density at radius 3 is 2.36 bits per heavy atom. The highest BCUT2D eigenvalue weighted by Gasteiger charge is 2.30. The molecule has 3 aromatic rings. The molecule has 0 bridgehead atoms. The quantitative estimate of drug-likeness (QED) is 0.205. The Morgan fingerprint density at radius 2 is 1.69 bits per heavy atom. The summed E-state index contributed by atoms with van der Waals surface area (Å²) >= 11 is 0.979. The normalized spacial score (nSPS) is 20.0. The Bertz CT molecular complexity index is 1380. The third-order valence-corrected chi connectivity index (χ3v) is 9.96. The first-order valence-corrected chi connectivity index (χ1v) is 14.6. The number of thioether (sulfide) groups is 1. The molecule has 1 atom stereocenters. The molecule has 1 aliphatic carbocycles. The van der Waals surface area contributed by atoms with Crippen LogP contribution in [-0.2, 0) is 15.8 Å². The van der Waals surface area contributed by atoms with Crippen LogP contribution in [0.25, 0.3) is 11.0 Å².